The first-order valence-electron chi connectivity index (χ1n) is 7.09. The molecule has 0 aliphatic carbocycles. The first-order chi connectivity index (χ1) is 10.2. The maximum atomic E-state index is 12.1. The van der Waals surface area contributed by atoms with Gasteiger partial charge in [-0.1, -0.05) is 12.1 Å². The smallest absolute Gasteiger partial charge is 0.251 e. The van der Waals surface area contributed by atoms with E-state index in [1.54, 1.807) is 30.3 Å². The zero-order valence-corrected chi connectivity index (χ0v) is 11.9. The molecule has 21 heavy (non-hydrogen) atoms. The molecule has 1 aliphatic rings. The lowest BCUT2D eigenvalue weighted by molar-refractivity contribution is 0.0858. The van der Waals surface area contributed by atoms with Crippen molar-refractivity contribution in [3.05, 3.63) is 48.0 Å². The zero-order chi connectivity index (χ0) is 15.1. The molecule has 1 fully saturated rings. The Morgan fingerprint density at radius 3 is 2.62 bits per heavy atom. The Morgan fingerprint density at radius 1 is 1.29 bits per heavy atom. The van der Waals surface area contributed by atoms with Crippen LogP contribution in [0.15, 0.2) is 36.9 Å². The van der Waals surface area contributed by atoms with Gasteiger partial charge >= 0.3 is 0 Å². The zero-order valence-electron chi connectivity index (χ0n) is 11.9. The fourth-order valence-electron chi connectivity index (χ4n) is 2.18. The number of hydrogen-bond donors (Lipinski definition) is 2. The molecule has 0 spiro atoms. The number of hydrogen-bond acceptors (Lipinski definition) is 3. The molecule has 0 bridgehead atoms. The average Bonchev–Trinajstić information content (AvgIpc) is 3.03. The van der Waals surface area contributed by atoms with Gasteiger partial charge < -0.3 is 15.4 Å². The van der Waals surface area contributed by atoms with Gasteiger partial charge in [-0.2, -0.15) is 0 Å². The van der Waals surface area contributed by atoms with Gasteiger partial charge in [0.15, 0.2) is 0 Å². The number of carbonyl (C=O) groups is 2. The third-order valence-electron chi connectivity index (χ3n) is 3.31. The van der Waals surface area contributed by atoms with E-state index in [0.29, 0.717) is 24.2 Å². The van der Waals surface area contributed by atoms with Crippen molar-refractivity contribution in [3.8, 4) is 0 Å². The third kappa shape index (κ3) is 4.43. The van der Waals surface area contributed by atoms with Crippen molar-refractivity contribution < 1.29 is 14.3 Å². The summed E-state index contributed by atoms with van der Waals surface area (Å²) in [7, 11) is 0. The molecule has 112 valence electrons. The molecule has 1 saturated heterocycles. The fourth-order valence-corrected chi connectivity index (χ4v) is 2.18. The van der Waals surface area contributed by atoms with Crippen LogP contribution in [0.4, 0.5) is 0 Å². The van der Waals surface area contributed by atoms with Gasteiger partial charge in [-0.15, -0.1) is 6.58 Å². The van der Waals surface area contributed by atoms with Crippen LogP contribution in [0, 0.1) is 0 Å². The van der Waals surface area contributed by atoms with Crippen LogP contribution in [0.25, 0.3) is 0 Å². The Morgan fingerprint density at radius 2 is 2.00 bits per heavy atom. The molecule has 5 nitrogen and oxygen atoms in total. The van der Waals surface area contributed by atoms with E-state index in [2.05, 4.69) is 17.2 Å². The summed E-state index contributed by atoms with van der Waals surface area (Å²) in [5.74, 6) is -0.410. The van der Waals surface area contributed by atoms with E-state index in [4.69, 9.17) is 4.74 Å². The highest BCUT2D eigenvalue weighted by molar-refractivity contribution is 5.99. The van der Waals surface area contributed by atoms with E-state index < -0.39 is 0 Å². The summed E-state index contributed by atoms with van der Waals surface area (Å²) in [6.45, 7) is 5.21. The van der Waals surface area contributed by atoms with Gasteiger partial charge in [0.25, 0.3) is 11.8 Å². The second-order valence-electron chi connectivity index (χ2n) is 4.92. The molecule has 1 aliphatic heterocycles. The maximum Gasteiger partial charge on any atom is 0.251 e. The van der Waals surface area contributed by atoms with Crippen LogP contribution in [0.5, 0.6) is 0 Å². The highest BCUT2D eigenvalue weighted by atomic mass is 16.5. The van der Waals surface area contributed by atoms with Crippen molar-refractivity contribution in [1.82, 2.24) is 10.6 Å². The SMILES string of the molecule is C=CCNC(=O)c1cccc(C(=O)NCC2CCCO2)c1. The molecule has 1 atom stereocenters. The summed E-state index contributed by atoms with van der Waals surface area (Å²) in [4.78, 5) is 23.9. The van der Waals surface area contributed by atoms with Crippen LogP contribution >= 0.6 is 0 Å². The topological polar surface area (TPSA) is 67.4 Å². The van der Waals surface area contributed by atoms with Gasteiger partial charge in [-0.05, 0) is 31.0 Å². The predicted molar refractivity (Wildman–Crippen MR) is 80.3 cm³/mol. The Balaban J connectivity index is 1.93. The predicted octanol–water partition coefficient (Wildman–Crippen LogP) is 1.51. The summed E-state index contributed by atoms with van der Waals surface area (Å²) in [5, 5.41) is 5.52. The first-order valence-corrected chi connectivity index (χ1v) is 7.09. The van der Waals surface area contributed by atoms with E-state index in [1.807, 2.05) is 0 Å². The molecule has 0 aromatic heterocycles. The average molecular weight is 288 g/mol. The summed E-state index contributed by atoms with van der Waals surface area (Å²) in [5.41, 5.74) is 0.931. The summed E-state index contributed by atoms with van der Waals surface area (Å²) in [6.07, 6.45) is 3.73. The van der Waals surface area contributed by atoms with Crippen LogP contribution < -0.4 is 10.6 Å². The van der Waals surface area contributed by atoms with Gasteiger partial charge in [0.1, 0.15) is 0 Å². The number of carbonyl (C=O) groups excluding carboxylic acids is 2. The molecule has 0 radical (unpaired) electrons. The van der Waals surface area contributed by atoms with Crippen LogP contribution in [0.2, 0.25) is 0 Å². The molecule has 1 aromatic rings. The molecule has 2 rings (SSSR count). The van der Waals surface area contributed by atoms with Crippen molar-refractivity contribution >= 4 is 11.8 Å². The van der Waals surface area contributed by atoms with E-state index in [1.165, 1.54) is 0 Å². The second-order valence-corrected chi connectivity index (χ2v) is 4.92. The monoisotopic (exact) mass is 288 g/mol. The quantitative estimate of drug-likeness (QED) is 0.780. The fraction of sp³-hybridized carbons (Fsp3) is 0.375. The first kappa shape index (κ1) is 15.3. The third-order valence-corrected chi connectivity index (χ3v) is 3.31. The van der Waals surface area contributed by atoms with Gasteiger partial charge in [0, 0.05) is 30.8 Å². The lowest BCUT2D eigenvalue weighted by atomic mass is 10.1. The van der Waals surface area contributed by atoms with Crippen molar-refractivity contribution in [2.75, 3.05) is 19.7 Å². The van der Waals surface area contributed by atoms with E-state index >= 15 is 0 Å². The highest BCUT2D eigenvalue weighted by Gasteiger charge is 2.17. The van der Waals surface area contributed by atoms with E-state index in [-0.39, 0.29) is 17.9 Å². The second kappa shape index (κ2) is 7.59. The van der Waals surface area contributed by atoms with Gasteiger partial charge in [-0.3, -0.25) is 9.59 Å². The Hall–Kier alpha value is -2.14. The van der Waals surface area contributed by atoms with Crippen molar-refractivity contribution in [3.63, 3.8) is 0 Å². The van der Waals surface area contributed by atoms with Crippen molar-refractivity contribution in [2.45, 2.75) is 18.9 Å². The van der Waals surface area contributed by atoms with Gasteiger partial charge in [0.05, 0.1) is 6.10 Å². The van der Waals surface area contributed by atoms with E-state index in [0.717, 1.165) is 19.4 Å². The van der Waals surface area contributed by atoms with Crippen LogP contribution in [-0.2, 0) is 4.74 Å². The number of rotatable bonds is 6. The Kier molecular flexibility index (Phi) is 5.51. The minimum atomic E-state index is -0.219. The molecule has 1 aromatic carbocycles. The standard InChI is InChI=1S/C16H20N2O3/c1-2-8-17-15(19)12-5-3-6-13(10-12)16(20)18-11-14-7-4-9-21-14/h2-3,5-6,10,14H,1,4,7-9,11H2,(H,17,19)(H,18,20). The van der Waals surface area contributed by atoms with Crippen LogP contribution in [0.1, 0.15) is 33.6 Å². The Labute approximate surface area is 124 Å². The maximum absolute atomic E-state index is 12.1. The molecule has 0 saturated carbocycles. The highest BCUT2D eigenvalue weighted by Crippen LogP contribution is 2.11. The number of nitrogens with one attached hydrogen (secondary N) is 2. The normalized spacial score (nSPS) is 17.2. The summed E-state index contributed by atoms with van der Waals surface area (Å²) < 4.78 is 5.46. The molecule has 2 N–H and O–H groups in total. The number of benzene rings is 1. The van der Waals surface area contributed by atoms with Crippen molar-refractivity contribution in [1.29, 1.82) is 0 Å². The Bertz CT molecular complexity index is 522. The minimum Gasteiger partial charge on any atom is -0.376 e. The van der Waals surface area contributed by atoms with Crippen LogP contribution in [0.3, 0.4) is 0 Å². The molecule has 5 heteroatoms. The van der Waals surface area contributed by atoms with Crippen LogP contribution in [-0.4, -0.2) is 37.6 Å². The minimum absolute atomic E-state index is 0.105. The molecule has 1 unspecified atom stereocenters. The van der Waals surface area contributed by atoms with Crippen molar-refractivity contribution in [2.24, 2.45) is 0 Å². The van der Waals surface area contributed by atoms with Gasteiger partial charge in [0.2, 0.25) is 0 Å². The number of amides is 2. The van der Waals surface area contributed by atoms with Gasteiger partial charge in [-0.25, -0.2) is 0 Å². The lowest BCUT2D eigenvalue weighted by Gasteiger charge is -2.11. The number of ether oxygens (including phenoxy) is 1. The lowest BCUT2D eigenvalue weighted by Crippen LogP contribution is -2.32. The largest absolute Gasteiger partial charge is 0.376 e. The summed E-state index contributed by atoms with van der Waals surface area (Å²) >= 11 is 0. The molecular formula is C16H20N2O3. The molecule has 1 heterocycles. The molecule has 2 amide bonds. The van der Waals surface area contributed by atoms with E-state index in [9.17, 15) is 9.59 Å². The molecular weight excluding hydrogens is 268 g/mol. The summed E-state index contributed by atoms with van der Waals surface area (Å²) in [6, 6.07) is 6.65.